The van der Waals surface area contributed by atoms with Gasteiger partial charge < -0.3 is 0 Å². The lowest BCUT2D eigenvalue weighted by molar-refractivity contribution is 0.277. The molecular formula is C22H44. The Labute approximate surface area is 142 Å². The van der Waals surface area contributed by atoms with E-state index in [9.17, 15) is 0 Å². The molecule has 0 amide bonds. The van der Waals surface area contributed by atoms with Crippen molar-refractivity contribution in [2.45, 2.75) is 118 Å². The monoisotopic (exact) mass is 308 g/mol. The summed E-state index contributed by atoms with van der Waals surface area (Å²) >= 11 is 0. The van der Waals surface area contributed by atoms with E-state index in [0.717, 1.165) is 5.92 Å². The van der Waals surface area contributed by atoms with Crippen molar-refractivity contribution in [3.05, 3.63) is 12.2 Å². The van der Waals surface area contributed by atoms with Gasteiger partial charge in [-0.15, -0.1) is 0 Å². The van der Waals surface area contributed by atoms with Crippen molar-refractivity contribution in [2.75, 3.05) is 0 Å². The second-order valence-corrected chi connectivity index (χ2v) is 8.02. The maximum absolute atomic E-state index is 2.45. The van der Waals surface area contributed by atoms with E-state index < -0.39 is 0 Å². The van der Waals surface area contributed by atoms with Crippen LogP contribution in [0.1, 0.15) is 118 Å². The van der Waals surface area contributed by atoms with E-state index in [-0.39, 0.29) is 0 Å². The van der Waals surface area contributed by atoms with Gasteiger partial charge in [0, 0.05) is 0 Å². The van der Waals surface area contributed by atoms with Gasteiger partial charge >= 0.3 is 0 Å². The standard InChI is InChI=1S/C22H44/c1-6-9-11-13-14-17-21(16-8-3)18-20-22(4,5)19-15-12-10-7-2/h12,15,21H,6-11,13-14,16-20H2,1-5H3. The highest BCUT2D eigenvalue weighted by Gasteiger charge is 2.18. The van der Waals surface area contributed by atoms with Crippen LogP contribution in [0, 0.1) is 11.3 Å². The second kappa shape index (κ2) is 14.3. The number of hydrogen-bond acceptors (Lipinski definition) is 0. The van der Waals surface area contributed by atoms with E-state index in [4.69, 9.17) is 0 Å². The van der Waals surface area contributed by atoms with E-state index in [0.29, 0.717) is 5.41 Å². The van der Waals surface area contributed by atoms with Gasteiger partial charge in [0.15, 0.2) is 0 Å². The van der Waals surface area contributed by atoms with Crippen molar-refractivity contribution in [3.63, 3.8) is 0 Å². The fourth-order valence-corrected chi connectivity index (χ4v) is 3.26. The molecule has 0 nitrogen and oxygen atoms in total. The zero-order valence-corrected chi connectivity index (χ0v) is 16.4. The van der Waals surface area contributed by atoms with E-state index in [2.05, 4.69) is 46.8 Å². The predicted molar refractivity (Wildman–Crippen MR) is 103 cm³/mol. The lowest BCUT2D eigenvalue weighted by Crippen LogP contribution is -2.13. The molecule has 22 heavy (non-hydrogen) atoms. The van der Waals surface area contributed by atoms with Crippen molar-refractivity contribution < 1.29 is 0 Å². The van der Waals surface area contributed by atoms with Gasteiger partial charge in [0.05, 0.1) is 0 Å². The van der Waals surface area contributed by atoms with Gasteiger partial charge in [0.1, 0.15) is 0 Å². The molecule has 0 aliphatic carbocycles. The fourth-order valence-electron chi connectivity index (χ4n) is 3.26. The van der Waals surface area contributed by atoms with Crippen LogP contribution in [0.4, 0.5) is 0 Å². The molecule has 0 rings (SSSR count). The van der Waals surface area contributed by atoms with Gasteiger partial charge in [-0.05, 0) is 37.0 Å². The number of allylic oxidation sites excluding steroid dienone is 2. The smallest absolute Gasteiger partial charge is 0.0299 e. The highest BCUT2D eigenvalue weighted by atomic mass is 14.2. The summed E-state index contributed by atoms with van der Waals surface area (Å²) < 4.78 is 0. The third-order valence-electron chi connectivity index (χ3n) is 4.93. The van der Waals surface area contributed by atoms with E-state index in [1.165, 1.54) is 83.5 Å². The third kappa shape index (κ3) is 13.4. The molecule has 0 heteroatoms. The van der Waals surface area contributed by atoms with Crippen LogP contribution in [0.2, 0.25) is 0 Å². The number of unbranched alkanes of at least 4 members (excludes halogenated alkanes) is 5. The Morgan fingerprint density at radius 3 is 2.09 bits per heavy atom. The molecule has 0 bridgehead atoms. The largest absolute Gasteiger partial charge is 0.0885 e. The molecule has 0 aliphatic heterocycles. The quantitative estimate of drug-likeness (QED) is 0.211. The van der Waals surface area contributed by atoms with Gasteiger partial charge in [-0.2, -0.15) is 0 Å². The normalized spacial score (nSPS) is 13.9. The molecule has 1 unspecified atom stereocenters. The van der Waals surface area contributed by atoms with Crippen molar-refractivity contribution in [1.29, 1.82) is 0 Å². The Kier molecular flexibility index (Phi) is 14.2. The molecule has 0 saturated carbocycles. The van der Waals surface area contributed by atoms with Crippen LogP contribution in [0.3, 0.4) is 0 Å². The molecule has 0 saturated heterocycles. The molecule has 0 radical (unpaired) electrons. The Bertz CT molecular complexity index is 249. The Morgan fingerprint density at radius 1 is 0.727 bits per heavy atom. The Hall–Kier alpha value is -0.260. The van der Waals surface area contributed by atoms with Crippen LogP contribution in [0.5, 0.6) is 0 Å². The van der Waals surface area contributed by atoms with Crippen LogP contribution in [-0.4, -0.2) is 0 Å². The molecule has 0 aromatic heterocycles. The Balaban J connectivity index is 3.99. The predicted octanol–water partition coefficient (Wildman–Crippen LogP) is 8.32. The van der Waals surface area contributed by atoms with Crippen molar-refractivity contribution >= 4 is 0 Å². The van der Waals surface area contributed by atoms with Gasteiger partial charge in [-0.1, -0.05) is 105 Å². The number of hydrogen-bond donors (Lipinski definition) is 0. The van der Waals surface area contributed by atoms with Crippen molar-refractivity contribution in [1.82, 2.24) is 0 Å². The molecule has 0 N–H and O–H groups in total. The van der Waals surface area contributed by atoms with Crippen LogP contribution >= 0.6 is 0 Å². The average molecular weight is 309 g/mol. The third-order valence-corrected chi connectivity index (χ3v) is 4.93. The fraction of sp³-hybridized carbons (Fsp3) is 0.909. The molecular weight excluding hydrogens is 264 g/mol. The van der Waals surface area contributed by atoms with Gasteiger partial charge in [-0.3, -0.25) is 0 Å². The molecule has 0 spiro atoms. The Morgan fingerprint density at radius 2 is 1.45 bits per heavy atom. The van der Waals surface area contributed by atoms with E-state index in [1.54, 1.807) is 0 Å². The first-order chi connectivity index (χ1) is 10.6. The van der Waals surface area contributed by atoms with Gasteiger partial charge in [-0.25, -0.2) is 0 Å². The number of rotatable bonds is 15. The molecule has 0 aliphatic rings. The van der Waals surface area contributed by atoms with Crippen LogP contribution in [-0.2, 0) is 0 Å². The van der Waals surface area contributed by atoms with Crippen molar-refractivity contribution in [3.8, 4) is 0 Å². The first-order valence-electron chi connectivity index (χ1n) is 10.2. The van der Waals surface area contributed by atoms with Crippen LogP contribution in [0.25, 0.3) is 0 Å². The van der Waals surface area contributed by atoms with Crippen molar-refractivity contribution in [2.24, 2.45) is 11.3 Å². The lowest BCUT2D eigenvalue weighted by atomic mass is 9.80. The van der Waals surface area contributed by atoms with Gasteiger partial charge in [0.25, 0.3) is 0 Å². The van der Waals surface area contributed by atoms with E-state index >= 15 is 0 Å². The molecule has 0 aromatic rings. The summed E-state index contributed by atoms with van der Waals surface area (Å²) in [5.41, 5.74) is 0.485. The second-order valence-electron chi connectivity index (χ2n) is 8.02. The van der Waals surface area contributed by atoms with E-state index in [1.807, 2.05) is 0 Å². The highest BCUT2D eigenvalue weighted by molar-refractivity contribution is 4.87. The van der Waals surface area contributed by atoms with Crippen LogP contribution < -0.4 is 0 Å². The summed E-state index contributed by atoms with van der Waals surface area (Å²) in [6.07, 6.45) is 22.8. The summed E-state index contributed by atoms with van der Waals surface area (Å²) in [6, 6.07) is 0. The van der Waals surface area contributed by atoms with Crippen LogP contribution in [0.15, 0.2) is 12.2 Å². The first kappa shape index (κ1) is 21.7. The minimum absolute atomic E-state index is 0.485. The minimum Gasteiger partial charge on any atom is -0.0885 e. The lowest BCUT2D eigenvalue weighted by Gasteiger charge is -2.26. The minimum atomic E-state index is 0.485. The van der Waals surface area contributed by atoms with Gasteiger partial charge in [0.2, 0.25) is 0 Å². The first-order valence-corrected chi connectivity index (χ1v) is 10.2. The summed E-state index contributed by atoms with van der Waals surface area (Å²) in [4.78, 5) is 0. The summed E-state index contributed by atoms with van der Waals surface area (Å²) in [7, 11) is 0. The maximum atomic E-state index is 2.45. The maximum Gasteiger partial charge on any atom is -0.0299 e. The SMILES string of the molecule is CCCC=CCC(C)(C)CCC(CCC)CCCCCCC. The topological polar surface area (TPSA) is 0 Å². The molecule has 0 fully saturated rings. The summed E-state index contributed by atoms with van der Waals surface area (Å²) in [6.45, 7) is 11.8. The molecule has 132 valence electrons. The summed E-state index contributed by atoms with van der Waals surface area (Å²) in [5.74, 6) is 0.977. The molecule has 0 heterocycles. The molecule has 0 aromatic carbocycles. The highest BCUT2D eigenvalue weighted by Crippen LogP contribution is 2.32. The molecule has 1 atom stereocenters. The zero-order valence-electron chi connectivity index (χ0n) is 16.4. The zero-order chi connectivity index (χ0) is 16.7. The average Bonchev–Trinajstić information content (AvgIpc) is 2.49. The summed E-state index contributed by atoms with van der Waals surface area (Å²) in [5, 5.41) is 0.